The van der Waals surface area contributed by atoms with E-state index < -0.39 is 0 Å². The van der Waals surface area contributed by atoms with Crippen molar-refractivity contribution in [2.45, 2.75) is 25.3 Å². The molecule has 0 amide bonds. The Kier molecular flexibility index (Phi) is 1.81. The molecule has 3 rings (SSSR count). The van der Waals surface area contributed by atoms with Crippen LogP contribution in [0.4, 0.5) is 11.6 Å². The monoisotopic (exact) mass is 218 g/mol. The maximum Gasteiger partial charge on any atom is 0.180 e. The van der Waals surface area contributed by atoms with Gasteiger partial charge >= 0.3 is 0 Å². The fourth-order valence-electron chi connectivity index (χ4n) is 1.68. The van der Waals surface area contributed by atoms with E-state index in [2.05, 4.69) is 27.6 Å². The summed E-state index contributed by atoms with van der Waals surface area (Å²) in [6.07, 6.45) is 7.77. The molecule has 0 unspecified atom stereocenters. The van der Waals surface area contributed by atoms with Gasteiger partial charge in [0, 0.05) is 17.9 Å². The summed E-state index contributed by atoms with van der Waals surface area (Å²) in [6, 6.07) is 0. The molecular formula is C10H14N6. The molecule has 2 heterocycles. The molecule has 1 aliphatic carbocycles. The smallest absolute Gasteiger partial charge is 0.180 e. The van der Waals surface area contributed by atoms with Gasteiger partial charge in [0.25, 0.3) is 0 Å². The molecule has 6 nitrogen and oxygen atoms in total. The van der Waals surface area contributed by atoms with E-state index in [1.807, 2.05) is 16.8 Å². The zero-order valence-electron chi connectivity index (χ0n) is 9.07. The van der Waals surface area contributed by atoms with Crippen molar-refractivity contribution in [3.8, 4) is 0 Å². The highest BCUT2D eigenvalue weighted by atomic mass is 15.3. The largest absolute Gasteiger partial charge is 0.362 e. The number of anilines is 2. The van der Waals surface area contributed by atoms with Gasteiger partial charge in [0.15, 0.2) is 17.3 Å². The van der Waals surface area contributed by atoms with Crippen molar-refractivity contribution in [2.24, 2.45) is 5.84 Å². The topological polar surface area (TPSA) is 80.3 Å². The minimum atomic E-state index is 0.173. The molecule has 0 atom stereocenters. The van der Waals surface area contributed by atoms with Gasteiger partial charge in [0.05, 0.1) is 6.20 Å². The zero-order chi connectivity index (χ0) is 11.2. The summed E-state index contributed by atoms with van der Waals surface area (Å²) < 4.78 is 1.90. The second kappa shape index (κ2) is 3.08. The van der Waals surface area contributed by atoms with Crippen LogP contribution in [0.2, 0.25) is 0 Å². The second-order valence-corrected chi connectivity index (χ2v) is 4.46. The summed E-state index contributed by atoms with van der Waals surface area (Å²) in [6.45, 7) is 2.18. The van der Waals surface area contributed by atoms with Crippen molar-refractivity contribution in [3.63, 3.8) is 0 Å². The van der Waals surface area contributed by atoms with Crippen molar-refractivity contribution in [1.82, 2.24) is 14.4 Å². The number of nitrogen functional groups attached to an aromatic ring is 1. The Bertz CT molecular complexity index is 527. The van der Waals surface area contributed by atoms with Gasteiger partial charge in [0.1, 0.15) is 0 Å². The van der Waals surface area contributed by atoms with Gasteiger partial charge in [-0.15, -0.1) is 0 Å². The molecule has 2 aromatic heterocycles. The maximum absolute atomic E-state index is 5.38. The predicted molar refractivity (Wildman–Crippen MR) is 62.1 cm³/mol. The van der Waals surface area contributed by atoms with Crippen LogP contribution in [0.15, 0.2) is 18.6 Å². The average molecular weight is 218 g/mol. The lowest BCUT2D eigenvalue weighted by Crippen LogP contribution is -2.19. The van der Waals surface area contributed by atoms with E-state index in [1.165, 1.54) is 12.8 Å². The Morgan fingerprint density at radius 3 is 3.00 bits per heavy atom. The fourth-order valence-corrected chi connectivity index (χ4v) is 1.68. The van der Waals surface area contributed by atoms with Gasteiger partial charge in [-0.05, 0) is 19.8 Å². The number of nitrogens with zero attached hydrogens (tertiary/aromatic N) is 3. The van der Waals surface area contributed by atoms with E-state index in [9.17, 15) is 0 Å². The van der Waals surface area contributed by atoms with Crippen molar-refractivity contribution in [3.05, 3.63) is 18.6 Å². The summed E-state index contributed by atoms with van der Waals surface area (Å²) in [5.41, 5.74) is 3.56. The molecule has 1 saturated carbocycles. The van der Waals surface area contributed by atoms with Gasteiger partial charge in [-0.2, -0.15) is 0 Å². The van der Waals surface area contributed by atoms with Crippen LogP contribution in [-0.2, 0) is 0 Å². The molecular weight excluding hydrogens is 204 g/mol. The van der Waals surface area contributed by atoms with E-state index in [4.69, 9.17) is 5.84 Å². The molecule has 6 heteroatoms. The fraction of sp³-hybridized carbons (Fsp3) is 0.400. The third kappa shape index (κ3) is 1.47. The Balaban J connectivity index is 2.09. The van der Waals surface area contributed by atoms with Crippen LogP contribution in [0.1, 0.15) is 19.8 Å². The molecule has 0 bridgehead atoms. The first-order valence-electron chi connectivity index (χ1n) is 5.29. The number of hydrogen-bond acceptors (Lipinski definition) is 5. The predicted octanol–water partition coefficient (Wildman–Crippen LogP) is 0.979. The van der Waals surface area contributed by atoms with Gasteiger partial charge in [-0.1, -0.05) is 0 Å². The number of aromatic nitrogens is 3. The third-order valence-corrected chi connectivity index (χ3v) is 2.94. The van der Waals surface area contributed by atoms with Crippen LogP contribution in [0.5, 0.6) is 0 Å². The minimum Gasteiger partial charge on any atom is -0.362 e. The first-order valence-corrected chi connectivity index (χ1v) is 5.29. The molecule has 1 fully saturated rings. The number of nitrogens with one attached hydrogen (secondary N) is 2. The van der Waals surface area contributed by atoms with Crippen molar-refractivity contribution < 1.29 is 0 Å². The van der Waals surface area contributed by atoms with E-state index in [1.54, 1.807) is 6.20 Å². The molecule has 0 aromatic carbocycles. The van der Waals surface area contributed by atoms with E-state index in [0.717, 1.165) is 11.5 Å². The van der Waals surface area contributed by atoms with Crippen LogP contribution in [0, 0.1) is 0 Å². The van der Waals surface area contributed by atoms with E-state index in [0.29, 0.717) is 5.82 Å². The van der Waals surface area contributed by atoms with E-state index in [-0.39, 0.29) is 5.54 Å². The molecule has 0 spiro atoms. The molecule has 1 aliphatic rings. The summed E-state index contributed by atoms with van der Waals surface area (Å²) >= 11 is 0. The Hall–Kier alpha value is -1.82. The van der Waals surface area contributed by atoms with Crippen molar-refractivity contribution in [2.75, 3.05) is 10.7 Å². The van der Waals surface area contributed by atoms with E-state index >= 15 is 0 Å². The highest BCUT2D eigenvalue weighted by molar-refractivity contribution is 5.66. The van der Waals surface area contributed by atoms with Crippen LogP contribution in [0.3, 0.4) is 0 Å². The lowest BCUT2D eigenvalue weighted by molar-refractivity contribution is 0.820. The number of nitrogens with two attached hydrogens (primary N) is 1. The number of hydrazine groups is 1. The highest BCUT2D eigenvalue weighted by Crippen LogP contribution is 2.38. The van der Waals surface area contributed by atoms with Gasteiger partial charge in [-0.25, -0.2) is 15.8 Å². The number of imidazole rings is 1. The average Bonchev–Trinajstić information content (AvgIpc) is 2.81. The standard InChI is InChI=1S/C10H14N6/c1-10(2-3-10)14-8-9-12-4-5-16(9)6-7(13-8)15-11/h4-6,15H,2-3,11H2,1H3,(H,13,14). The van der Waals surface area contributed by atoms with Crippen molar-refractivity contribution >= 4 is 17.3 Å². The summed E-state index contributed by atoms with van der Waals surface area (Å²) in [7, 11) is 0. The minimum absolute atomic E-state index is 0.173. The maximum atomic E-state index is 5.38. The Morgan fingerprint density at radius 2 is 2.31 bits per heavy atom. The van der Waals surface area contributed by atoms with Crippen LogP contribution in [-0.4, -0.2) is 19.9 Å². The second-order valence-electron chi connectivity index (χ2n) is 4.46. The normalized spacial score (nSPS) is 17.4. The van der Waals surface area contributed by atoms with Gasteiger partial charge in [0.2, 0.25) is 0 Å². The lowest BCUT2D eigenvalue weighted by Gasteiger charge is -2.13. The Morgan fingerprint density at radius 1 is 1.50 bits per heavy atom. The van der Waals surface area contributed by atoms with Crippen molar-refractivity contribution in [1.29, 1.82) is 0 Å². The zero-order valence-corrected chi connectivity index (χ0v) is 9.07. The molecule has 0 saturated heterocycles. The Labute approximate surface area is 92.9 Å². The molecule has 2 aromatic rings. The SMILES string of the molecule is CC1(Nc2nc(NN)cn3ccnc23)CC1. The molecule has 0 aliphatic heterocycles. The first-order chi connectivity index (χ1) is 7.70. The summed E-state index contributed by atoms with van der Waals surface area (Å²) in [5.74, 6) is 6.78. The van der Waals surface area contributed by atoms with Crippen LogP contribution < -0.4 is 16.6 Å². The lowest BCUT2D eigenvalue weighted by atomic mass is 10.3. The first kappa shape index (κ1) is 9.41. The third-order valence-electron chi connectivity index (χ3n) is 2.94. The number of hydrogen-bond donors (Lipinski definition) is 3. The van der Waals surface area contributed by atoms with Gasteiger partial charge < -0.3 is 15.1 Å². The van der Waals surface area contributed by atoms with Gasteiger partial charge in [-0.3, -0.25) is 0 Å². The van der Waals surface area contributed by atoms with Crippen LogP contribution in [0.25, 0.3) is 5.65 Å². The number of rotatable bonds is 3. The highest BCUT2D eigenvalue weighted by Gasteiger charge is 2.38. The summed E-state index contributed by atoms with van der Waals surface area (Å²) in [5, 5.41) is 3.41. The molecule has 0 radical (unpaired) electrons. The molecule has 4 N–H and O–H groups in total. The summed E-state index contributed by atoms with van der Waals surface area (Å²) in [4.78, 5) is 8.66. The molecule has 84 valence electrons. The van der Waals surface area contributed by atoms with Crippen LogP contribution >= 0.6 is 0 Å². The molecule has 16 heavy (non-hydrogen) atoms. The quantitative estimate of drug-likeness (QED) is 0.528. The number of fused-ring (bicyclic) bond motifs is 1.